The molecule has 0 unspecified atom stereocenters. The van der Waals surface area contributed by atoms with Gasteiger partial charge in [0, 0.05) is 21.7 Å². The van der Waals surface area contributed by atoms with E-state index >= 15 is 0 Å². The molecule has 0 radical (unpaired) electrons. The number of ether oxygens (including phenoxy) is 1. The molecule has 6 nitrogen and oxygen atoms in total. The van der Waals surface area contributed by atoms with E-state index in [0.29, 0.717) is 15.6 Å². The molecule has 1 aromatic heterocycles. The molecular formula is C19H14Cl2N2O4S. The summed E-state index contributed by atoms with van der Waals surface area (Å²) in [7, 11) is 0. The van der Waals surface area contributed by atoms with Gasteiger partial charge in [0.25, 0.3) is 11.6 Å². The lowest BCUT2D eigenvalue weighted by molar-refractivity contribution is -0.383. The van der Waals surface area contributed by atoms with Crippen LogP contribution in [0.25, 0.3) is 0 Å². The smallest absolute Gasteiger partial charge is 0.294 e. The van der Waals surface area contributed by atoms with Gasteiger partial charge in [-0.3, -0.25) is 14.9 Å². The second kappa shape index (κ2) is 8.60. The van der Waals surface area contributed by atoms with Crippen molar-refractivity contribution < 1.29 is 14.5 Å². The number of halogens is 2. The van der Waals surface area contributed by atoms with E-state index in [9.17, 15) is 14.9 Å². The Balaban J connectivity index is 1.67. The van der Waals surface area contributed by atoms with Gasteiger partial charge in [0.2, 0.25) is 0 Å². The molecule has 28 heavy (non-hydrogen) atoms. The fourth-order valence-electron chi connectivity index (χ4n) is 2.39. The Bertz CT molecular complexity index is 1050. The molecule has 3 rings (SSSR count). The molecule has 1 amide bonds. The molecule has 0 fully saturated rings. The summed E-state index contributed by atoms with van der Waals surface area (Å²) in [4.78, 5) is 23.4. The van der Waals surface area contributed by atoms with Crippen LogP contribution in [-0.2, 0) is 6.61 Å². The first-order chi connectivity index (χ1) is 13.3. The normalized spacial score (nSPS) is 10.5. The number of nitro groups is 1. The van der Waals surface area contributed by atoms with Gasteiger partial charge in [-0.05, 0) is 54.3 Å². The van der Waals surface area contributed by atoms with Crippen LogP contribution in [0.2, 0.25) is 10.0 Å². The van der Waals surface area contributed by atoms with Crippen LogP contribution in [0, 0.1) is 17.0 Å². The van der Waals surface area contributed by atoms with Crippen LogP contribution in [-0.4, -0.2) is 10.8 Å². The Morgan fingerprint density at radius 2 is 2.00 bits per heavy atom. The average Bonchev–Trinajstić information content (AvgIpc) is 3.13. The molecule has 144 valence electrons. The van der Waals surface area contributed by atoms with E-state index in [2.05, 4.69) is 5.32 Å². The number of thiophene rings is 1. The molecule has 0 aliphatic carbocycles. The third kappa shape index (κ3) is 4.81. The highest BCUT2D eigenvalue weighted by molar-refractivity contribution is 7.12. The molecule has 0 saturated carbocycles. The maximum Gasteiger partial charge on any atom is 0.294 e. The SMILES string of the molecule is Cc1cc(OCc2csc(C(=O)Nc3ccc(Cl)cc3[N+](=O)[O-])c2)ccc1Cl. The van der Waals surface area contributed by atoms with E-state index in [0.717, 1.165) is 11.1 Å². The minimum atomic E-state index is -0.594. The Morgan fingerprint density at radius 1 is 1.21 bits per heavy atom. The van der Waals surface area contributed by atoms with Crippen molar-refractivity contribution in [1.82, 2.24) is 0 Å². The van der Waals surface area contributed by atoms with Crippen LogP contribution < -0.4 is 10.1 Å². The van der Waals surface area contributed by atoms with E-state index in [1.807, 2.05) is 13.0 Å². The van der Waals surface area contributed by atoms with Gasteiger partial charge in [0.1, 0.15) is 18.0 Å². The van der Waals surface area contributed by atoms with E-state index in [4.69, 9.17) is 27.9 Å². The number of carbonyl (C=O) groups is 1. The highest BCUT2D eigenvalue weighted by atomic mass is 35.5. The number of anilines is 1. The maximum atomic E-state index is 12.4. The molecule has 0 bridgehead atoms. The summed E-state index contributed by atoms with van der Waals surface area (Å²) in [6.45, 7) is 2.17. The van der Waals surface area contributed by atoms with Crippen molar-refractivity contribution in [2.45, 2.75) is 13.5 Å². The van der Waals surface area contributed by atoms with Crippen molar-refractivity contribution in [3.8, 4) is 5.75 Å². The quantitative estimate of drug-likeness (QED) is 0.373. The predicted molar refractivity (Wildman–Crippen MR) is 111 cm³/mol. The molecular weight excluding hydrogens is 423 g/mol. The fraction of sp³-hybridized carbons (Fsp3) is 0.105. The van der Waals surface area contributed by atoms with E-state index < -0.39 is 10.8 Å². The van der Waals surface area contributed by atoms with Crippen molar-refractivity contribution in [3.05, 3.63) is 84.0 Å². The summed E-state index contributed by atoms with van der Waals surface area (Å²) >= 11 is 13.0. The number of hydrogen-bond acceptors (Lipinski definition) is 5. The molecule has 2 aromatic carbocycles. The van der Waals surface area contributed by atoms with Crippen LogP contribution in [0.15, 0.2) is 47.8 Å². The Hall–Kier alpha value is -2.61. The molecule has 3 aromatic rings. The van der Waals surface area contributed by atoms with Gasteiger partial charge >= 0.3 is 0 Å². The molecule has 0 aliphatic heterocycles. The van der Waals surface area contributed by atoms with E-state index in [1.54, 1.807) is 23.6 Å². The zero-order valence-corrected chi connectivity index (χ0v) is 16.9. The number of nitrogens with zero attached hydrogens (tertiary/aromatic N) is 1. The van der Waals surface area contributed by atoms with E-state index in [1.165, 1.54) is 29.5 Å². The highest BCUT2D eigenvalue weighted by Gasteiger charge is 2.18. The van der Waals surface area contributed by atoms with E-state index in [-0.39, 0.29) is 23.0 Å². The van der Waals surface area contributed by atoms with Crippen molar-refractivity contribution in [3.63, 3.8) is 0 Å². The van der Waals surface area contributed by atoms with Gasteiger partial charge in [-0.1, -0.05) is 23.2 Å². The van der Waals surface area contributed by atoms with Gasteiger partial charge in [0.15, 0.2) is 0 Å². The molecule has 1 N–H and O–H groups in total. The lowest BCUT2D eigenvalue weighted by Crippen LogP contribution is -2.11. The zero-order valence-electron chi connectivity index (χ0n) is 14.6. The van der Waals surface area contributed by atoms with Gasteiger partial charge in [-0.25, -0.2) is 0 Å². The minimum absolute atomic E-state index is 0.0854. The zero-order chi connectivity index (χ0) is 20.3. The number of aryl methyl sites for hydroxylation is 1. The molecule has 0 aliphatic rings. The number of rotatable bonds is 6. The van der Waals surface area contributed by atoms with Crippen LogP contribution in [0.5, 0.6) is 5.75 Å². The standard InChI is InChI=1S/C19H14Cl2N2O4S/c1-11-6-14(3-4-15(11)21)27-9-12-7-18(28-10-12)19(24)22-16-5-2-13(20)8-17(16)23(25)26/h2-8,10H,9H2,1H3,(H,22,24). The van der Waals surface area contributed by atoms with Crippen LogP contribution in [0.4, 0.5) is 11.4 Å². The first kappa shape index (κ1) is 20.1. The Labute approximate surface area is 174 Å². The van der Waals surface area contributed by atoms with Gasteiger partial charge < -0.3 is 10.1 Å². The third-order valence-electron chi connectivity index (χ3n) is 3.82. The van der Waals surface area contributed by atoms with Crippen molar-refractivity contribution in [2.75, 3.05) is 5.32 Å². The number of nitrogens with one attached hydrogen (secondary N) is 1. The minimum Gasteiger partial charge on any atom is -0.489 e. The topological polar surface area (TPSA) is 81.5 Å². The fourth-order valence-corrected chi connectivity index (χ4v) is 3.47. The second-order valence-electron chi connectivity index (χ2n) is 5.89. The first-order valence-electron chi connectivity index (χ1n) is 8.05. The summed E-state index contributed by atoms with van der Waals surface area (Å²) in [6, 6.07) is 11.1. The first-order valence-corrected chi connectivity index (χ1v) is 9.68. The summed E-state index contributed by atoms with van der Waals surface area (Å²) in [5.41, 5.74) is 1.55. The highest BCUT2D eigenvalue weighted by Crippen LogP contribution is 2.29. The molecule has 0 saturated heterocycles. The summed E-state index contributed by atoms with van der Waals surface area (Å²) in [5, 5.41) is 16.4. The van der Waals surface area contributed by atoms with Gasteiger partial charge in [-0.2, -0.15) is 0 Å². The summed E-state index contributed by atoms with van der Waals surface area (Å²) in [5.74, 6) is 0.236. The number of carbonyl (C=O) groups excluding carboxylic acids is 1. The van der Waals surface area contributed by atoms with Crippen LogP contribution >= 0.6 is 34.5 Å². The van der Waals surface area contributed by atoms with Crippen molar-refractivity contribution in [1.29, 1.82) is 0 Å². The monoisotopic (exact) mass is 436 g/mol. The number of benzene rings is 2. The molecule has 0 atom stereocenters. The molecule has 9 heteroatoms. The predicted octanol–water partition coefficient (Wildman–Crippen LogP) is 6.10. The third-order valence-corrected chi connectivity index (χ3v) is 5.45. The van der Waals surface area contributed by atoms with Crippen LogP contribution in [0.3, 0.4) is 0 Å². The van der Waals surface area contributed by atoms with Crippen LogP contribution in [0.1, 0.15) is 20.8 Å². The summed E-state index contributed by atoms with van der Waals surface area (Å²) in [6.07, 6.45) is 0. The van der Waals surface area contributed by atoms with Crippen molar-refractivity contribution >= 4 is 51.8 Å². The summed E-state index contributed by atoms with van der Waals surface area (Å²) < 4.78 is 5.72. The molecule has 1 heterocycles. The lowest BCUT2D eigenvalue weighted by atomic mass is 10.2. The second-order valence-corrected chi connectivity index (χ2v) is 7.65. The lowest BCUT2D eigenvalue weighted by Gasteiger charge is -2.06. The maximum absolute atomic E-state index is 12.4. The van der Waals surface area contributed by atoms with Gasteiger partial charge in [0.05, 0.1) is 9.80 Å². The number of amides is 1. The molecule has 0 spiro atoms. The number of nitro benzene ring substituents is 1. The Morgan fingerprint density at radius 3 is 2.71 bits per heavy atom. The Kier molecular flexibility index (Phi) is 6.18. The van der Waals surface area contributed by atoms with Crippen molar-refractivity contribution in [2.24, 2.45) is 0 Å². The van der Waals surface area contributed by atoms with Gasteiger partial charge in [-0.15, -0.1) is 11.3 Å². The largest absolute Gasteiger partial charge is 0.489 e. The number of hydrogen-bond donors (Lipinski definition) is 1. The average molecular weight is 437 g/mol.